The normalized spacial score (nSPS) is 10.8. The molecular formula is C17H13BrN2O2. The molecule has 2 aromatic carbocycles. The molecule has 110 valence electrons. The van der Waals surface area contributed by atoms with Gasteiger partial charge in [-0.1, -0.05) is 28.1 Å². The number of carboxylic acids is 1. The molecule has 3 aromatic rings. The Bertz CT molecular complexity index is 889. The van der Waals surface area contributed by atoms with Gasteiger partial charge in [-0.05, 0) is 42.8 Å². The van der Waals surface area contributed by atoms with Crippen molar-refractivity contribution in [3.8, 4) is 11.3 Å². The highest BCUT2D eigenvalue weighted by molar-refractivity contribution is 9.10. The number of rotatable bonds is 2. The summed E-state index contributed by atoms with van der Waals surface area (Å²) in [7, 11) is 0. The van der Waals surface area contributed by atoms with E-state index < -0.39 is 5.97 Å². The molecule has 0 saturated heterocycles. The standard InChI is InChI=1S/C17H13BrN2O2/c1-9-6-11(18)7-13-14(17(21)22)8-15(20-16(9)13)10-2-4-12(19)5-3-10/h2-8H,19H2,1H3,(H,21,22). The Kier molecular flexibility index (Phi) is 3.58. The van der Waals surface area contributed by atoms with E-state index >= 15 is 0 Å². The van der Waals surface area contributed by atoms with Crippen LogP contribution in [0.1, 0.15) is 15.9 Å². The zero-order valence-corrected chi connectivity index (χ0v) is 13.4. The summed E-state index contributed by atoms with van der Waals surface area (Å²) in [6, 6.07) is 12.5. The summed E-state index contributed by atoms with van der Waals surface area (Å²) in [5.74, 6) is -0.971. The van der Waals surface area contributed by atoms with E-state index in [1.54, 1.807) is 24.3 Å². The Hall–Kier alpha value is -2.40. The lowest BCUT2D eigenvalue weighted by Gasteiger charge is -2.10. The summed E-state index contributed by atoms with van der Waals surface area (Å²) in [6.45, 7) is 1.92. The first kappa shape index (κ1) is 14.5. The number of nitrogens with two attached hydrogens (primary N) is 1. The van der Waals surface area contributed by atoms with E-state index in [0.717, 1.165) is 15.6 Å². The Morgan fingerprint density at radius 2 is 1.86 bits per heavy atom. The van der Waals surface area contributed by atoms with Gasteiger partial charge in [0.1, 0.15) is 0 Å². The third kappa shape index (κ3) is 2.55. The first-order valence-electron chi connectivity index (χ1n) is 6.66. The molecule has 0 radical (unpaired) electrons. The summed E-state index contributed by atoms with van der Waals surface area (Å²) >= 11 is 3.40. The molecule has 1 aromatic heterocycles. The topological polar surface area (TPSA) is 76.2 Å². The summed E-state index contributed by atoms with van der Waals surface area (Å²) in [5.41, 5.74) is 9.65. The minimum atomic E-state index is -0.971. The number of hydrogen-bond acceptors (Lipinski definition) is 3. The van der Waals surface area contributed by atoms with Crippen molar-refractivity contribution in [2.75, 3.05) is 5.73 Å². The van der Waals surface area contributed by atoms with Gasteiger partial charge >= 0.3 is 5.97 Å². The van der Waals surface area contributed by atoms with E-state index in [1.165, 1.54) is 0 Å². The Morgan fingerprint density at radius 3 is 2.50 bits per heavy atom. The first-order chi connectivity index (χ1) is 10.5. The summed E-state index contributed by atoms with van der Waals surface area (Å²) in [4.78, 5) is 16.2. The first-order valence-corrected chi connectivity index (χ1v) is 7.45. The number of hydrogen-bond donors (Lipinski definition) is 2. The summed E-state index contributed by atoms with van der Waals surface area (Å²) < 4.78 is 0.835. The number of nitrogen functional groups attached to an aromatic ring is 1. The van der Waals surface area contributed by atoms with Gasteiger partial charge in [0.25, 0.3) is 0 Å². The average molecular weight is 357 g/mol. The van der Waals surface area contributed by atoms with Gasteiger partial charge in [0.05, 0.1) is 16.8 Å². The van der Waals surface area contributed by atoms with Crippen LogP contribution in [0.25, 0.3) is 22.2 Å². The lowest BCUT2D eigenvalue weighted by molar-refractivity contribution is 0.0699. The molecule has 0 amide bonds. The minimum Gasteiger partial charge on any atom is -0.478 e. The van der Waals surface area contributed by atoms with Gasteiger partial charge in [-0.15, -0.1) is 0 Å². The molecule has 5 heteroatoms. The molecule has 0 saturated carbocycles. The molecule has 0 spiro atoms. The van der Waals surface area contributed by atoms with E-state index in [1.807, 2.05) is 25.1 Å². The quantitative estimate of drug-likeness (QED) is 0.672. The monoisotopic (exact) mass is 356 g/mol. The van der Waals surface area contributed by atoms with Crippen LogP contribution in [0.3, 0.4) is 0 Å². The molecule has 3 rings (SSSR count). The summed E-state index contributed by atoms with van der Waals surface area (Å²) in [6.07, 6.45) is 0. The van der Waals surface area contributed by atoms with Crippen LogP contribution in [-0.4, -0.2) is 16.1 Å². The van der Waals surface area contributed by atoms with E-state index in [4.69, 9.17) is 5.73 Å². The maximum atomic E-state index is 11.6. The van der Waals surface area contributed by atoms with Gasteiger partial charge in [0, 0.05) is 21.1 Å². The number of aryl methyl sites for hydroxylation is 1. The molecule has 0 fully saturated rings. The van der Waals surface area contributed by atoms with Crippen molar-refractivity contribution in [1.29, 1.82) is 0 Å². The maximum Gasteiger partial charge on any atom is 0.336 e. The van der Waals surface area contributed by atoms with E-state index in [9.17, 15) is 9.90 Å². The van der Waals surface area contributed by atoms with E-state index in [-0.39, 0.29) is 5.56 Å². The van der Waals surface area contributed by atoms with Crippen molar-refractivity contribution in [2.45, 2.75) is 6.92 Å². The number of anilines is 1. The van der Waals surface area contributed by atoms with Crippen LogP contribution >= 0.6 is 15.9 Å². The van der Waals surface area contributed by atoms with Gasteiger partial charge in [-0.3, -0.25) is 0 Å². The zero-order valence-electron chi connectivity index (χ0n) is 11.8. The number of carboxylic acid groups (broad SMARTS) is 1. The number of benzene rings is 2. The highest BCUT2D eigenvalue weighted by Crippen LogP contribution is 2.29. The van der Waals surface area contributed by atoms with Crippen LogP contribution in [-0.2, 0) is 0 Å². The van der Waals surface area contributed by atoms with Crippen molar-refractivity contribution < 1.29 is 9.90 Å². The van der Waals surface area contributed by atoms with Gasteiger partial charge in [-0.25, -0.2) is 9.78 Å². The van der Waals surface area contributed by atoms with Gasteiger partial charge in [0.15, 0.2) is 0 Å². The van der Waals surface area contributed by atoms with Crippen molar-refractivity contribution in [3.63, 3.8) is 0 Å². The SMILES string of the molecule is Cc1cc(Br)cc2c(C(=O)O)cc(-c3ccc(N)cc3)nc12. The molecule has 3 N–H and O–H groups in total. The molecule has 0 bridgehead atoms. The van der Waals surface area contributed by atoms with Crippen LogP contribution in [0.2, 0.25) is 0 Å². The fourth-order valence-corrected chi connectivity index (χ4v) is 3.01. The lowest BCUT2D eigenvalue weighted by atomic mass is 10.0. The fraction of sp³-hybridized carbons (Fsp3) is 0.0588. The number of aromatic carboxylic acids is 1. The van der Waals surface area contributed by atoms with Crippen molar-refractivity contribution in [3.05, 3.63) is 58.1 Å². The fourth-order valence-electron chi connectivity index (χ4n) is 2.44. The number of nitrogens with zero attached hydrogens (tertiary/aromatic N) is 1. The van der Waals surface area contributed by atoms with Gasteiger partial charge in [-0.2, -0.15) is 0 Å². The molecule has 22 heavy (non-hydrogen) atoms. The smallest absolute Gasteiger partial charge is 0.336 e. The third-order valence-electron chi connectivity index (χ3n) is 3.51. The van der Waals surface area contributed by atoms with E-state index in [0.29, 0.717) is 22.3 Å². The minimum absolute atomic E-state index is 0.237. The number of aromatic nitrogens is 1. The van der Waals surface area contributed by atoms with Crippen LogP contribution in [0.4, 0.5) is 5.69 Å². The predicted molar refractivity (Wildman–Crippen MR) is 91.0 cm³/mol. The molecule has 0 atom stereocenters. The Morgan fingerprint density at radius 1 is 1.18 bits per heavy atom. The molecule has 0 aliphatic heterocycles. The third-order valence-corrected chi connectivity index (χ3v) is 3.96. The molecular weight excluding hydrogens is 344 g/mol. The Labute approximate surface area is 135 Å². The predicted octanol–water partition coefficient (Wildman–Crippen LogP) is 4.25. The second-order valence-corrected chi connectivity index (χ2v) is 6.02. The van der Waals surface area contributed by atoms with Gasteiger partial charge < -0.3 is 10.8 Å². The number of pyridine rings is 1. The second-order valence-electron chi connectivity index (χ2n) is 5.10. The molecule has 0 aliphatic rings. The molecule has 1 heterocycles. The lowest BCUT2D eigenvalue weighted by Crippen LogP contribution is -2.01. The van der Waals surface area contributed by atoms with Gasteiger partial charge in [0.2, 0.25) is 0 Å². The van der Waals surface area contributed by atoms with Crippen LogP contribution in [0.5, 0.6) is 0 Å². The zero-order chi connectivity index (χ0) is 15.9. The second kappa shape index (κ2) is 5.42. The van der Waals surface area contributed by atoms with Crippen molar-refractivity contribution >= 4 is 38.5 Å². The molecule has 0 aliphatic carbocycles. The molecule has 0 unspecified atom stereocenters. The average Bonchev–Trinajstić information content (AvgIpc) is 2.47. The van der Waals surface area contributed by atoms with Crippen molar-refractivity contribution in [1.82, 2.24) is 4.98 Å². The highest BCUT2D eigenvalue weighted by atomic mass is 79.9. The molecule has 4 nitrogen and oxygen atoms in total. The Balaban J connectivity index is 2.34. The van der Waals surface area contributed by atoms with Crippen LogP contribution < -0.4 is 5.73 Å². The van der Waals surface area contributed by atoms with E-state index in [2.05, 4.69) is 20.9 Å². The number of carbonyl (C=O) groups is 1. The van der Waals surface area contributed by atoms with Crippen LogP contribution in [0.15, 0.2) is 46.9 Å². The van der Waals surface area contributed by atoms with Crippen molar-refractivity contribution in [2.24, 2.45) is 0 Å². The summed E-state index contributed by atoms with van der Waals surface area (Å²) in [5, 5.41) is 10.1. The maximum absolute atomic E-state index is 11.6. The number of fused-ring (bicyclic) bond motifs is 1. The largest absolute Gasteiger partial charge is 0.478 e. The number of halogens is 1. The van der Waals surface area contributed by atoms with Crippen LogP contribution in [0, 0.1) is 6.92 Å². The highest BCUT2D eigenvalue weighted by Gasteiger charge is 2.15.